The first-order valence-electron chi connectivity index (χ1n) is 9.12. The fraction of sp³-hybridized carbons (Fsp3) is 0.389. The third-order valence-corrected chi connectivity index (χ3v) is 7.42. The lowest BCUT2D eigenvalue weighted by Gasteiger charge is -2.38. The fourth-order valence-electron chi connectivity index (χ4n) is 4.23. The number of carboxylic acid groups (broad SMARTS) is 1. The third-order valence-electron chi connectivity index (χ3n) is 5.52. The summed E-state index contributed by atoms with van der Waals surface area (Å²) in [6.45, 7) is 1.00. The number of benzene rings is 1. The van der Waals surface area contributed by atoms with E-state index in [1.165, 1.54) is 22.3 Å². The molecule has 2 bridgehead atoms. The maximum atomic E-state index is 12.2. The van der Waals surface area contributed by atoms with Crippen molar-refractivity contribution in [1.29, 1.82) is 0 Å². The van der Waals surface area contributed by atoms with E-state index >= 15 is 0 Å². The molecular formula is C18H18N4O5S2. The molecule has 2 aromatic heterocycles. The van der Waals surface area contributed by atoms with Gasteiger partial charge in [0.1, 0.15) is 10.5 Å². The van der Waals surface area contributed by atoms with E-state index < -0.39 is 15.9 Å². The Labute approximate surface area is 170 Å². The van der Waals surface area contributed by atoms with Gasteiger partial charge in [-0.3, -0.25) is 4.90 Å². The van der Waals surface area contributed by atoms with Crippen LogP contribution in [0.4, 0.5) is 10.8 Å². The van der Waals surface area contributed by atoms with Gasteiger partial charge in [0.2, 0.25) is 0 Å². The van der Waals surface area contributed by atoms with E-state index in [1.54, 1.807) is 12.3 Å². The molecule has 9 nitrogen and oxygen atoms in total. The molecule has 1 aromatic carbocycles. The Hall–Kier alpha value is -2.66. The van der Waals surface area contributed by atoms with Crippen LogP contribution in [0, 0.1) is 0 Å². The summed E-state index contributed by atoms with van der Waals surface area (Å²) in [6, 6.07) is 3.27. The zero-order valence-corrected chi connectivity index (χ0v) is 17.1. The number of hydrogen-bond donors (Lipinski definition) is 1. The average Bonchev–Trinajstić information content (AvgIpc) is 3.37. The van der Waals surface area contributed by atoms with Crippen molar-refractivity contribution in [2.24, 2.45) is 0 Å². The van der Waals surface area contributed by atoms with Crippen molar-refractivity contribution >= 4 is 44.4 Å². The van der Waals surface area contributed by atoms with Crippen molar-refractivity contribution in [3.8, 4) is 10.6 Å². The number of oxazole rings is 1. The van der Waals surface area contributed by atoms with Crippen LogP contribution in [0.2, 0.25) is 0 Å². The average molecular weight is 434 g/mol. The number of sulfone groups is 1. The highest BCUT2D eigenvalue weighted by Crippen LogP contribution is 2.37. The maximum Gasteiger partial charge on any atom is 0.407 e. The minimum absolute atomic E-state index is 0.0914. The van der Waals surface area contributed by atoms with Gasteiger partial charge in [-0.15, -0.1) is 11.3 Å². The summed E-state index contributed by atoms with van der Waals surface area (Å²) in [5, 5.41) is 11.9. The van der Waals surface area contributed by atoms with Gasteiger partial charge in [0.25, 0.3) is 6.01 Å². The van der Waals surface area contributed by atoms with Gasteiger partial charge in [-0.05, 0) is 25.0 Å². The van der Waals surface area contributed by atoms with Crippen LogP contribution in [0.5, 0.6) is 0 Å². The molecule has 2 fully saturated rings. The van der Waals surface area contributed by atoms with Crippen LogP contribution in [0.3, 0.4) is 0 Å². The predicted octanol–water partition coefficient (Wildman–Crippen LogP) is 2.69. The Morgan fingerprint density at radius 2 is 2.00 bits per heavy atom. The van der Waals surface area contributed by atoms with Crippen molar-refractivity contribution in [1.82, 2.24) is 14.9 Å². The summed E-state index contributed by atoms with van der Waals surface area (Å²) < 4.78 is 30.4. The second-order valence-corrected chi connectivity index (χ2v) is 10.3. The van der Waals surface area contributed by atoms with Gasteiger partial charge >= 0.3 is 6.09 Å². The molecule has 2 atom stereocenters. The van der Waals surface area contributed by atoms with Crippen LogP contribution in [0.15, 0.2) is 33.0 Å². The number of rotatable bonds is 3. The molecule has 1 N–H and O–H groups in total. The number of anilines is 1. The molecule has 3 aromatic rings. The Balaban J connectivity index is 1.59. The van der Waals surface area contributed by atoms with E-state index in [0.29, 0.717) is 40.8 Å². The monoisotopic (exact) mass is 434 g/mol. The van der Waals surface area contributed by atoms with E-state index in [-0.39, 0.29) is 17.0 Å². The Kier molecular flexibility index (Phi) is 4.07. The van der Waals surface area contributed by atoms with Crippen LogP contribution < -0.4 is 4.90 Å². The number of aromatic nitrogens is 2. The van der Waals surface area contributed by atoms with E-state index in [9.17, 15) is 18.3 Å². The van der Waals surface area contributed by atoms with E-state index in [1.807, 2.05) is 10.3 Å². The molecule has 2 unspecified atom stereocenters. The minimum Gasteiger partial charge on any atom is -0.465 e. The highest BCUT2D eigenvalue weighted by atomic mass is 32.2. The van der Waals surface area contributed by atoms with Gasteiger partial charge in [-0.2, -0.15) is 4.98 Å². The molecule has 0 saturated carbocycles. The number of piperazine rings is 1. The summed E-state index contributed by atoms with van der Waals surface area (Å²) in [6.07, 6.45) is 3.55. The first-order valence-corrected chi connectivity index (χ1v) is 11.9. The first kappa shape index (κ1) is 18.4. The van der Waals surface area contributed by atoms with Gasteiger partial charge < -0.3 is 14.4 Å². The Morgan fingerprint density at radius 1 is 1.28 bits per heavy atom. The topological polar surface area (TPSA) is 117 Å². The van der Waals surface area contributed by atoms with Crippen molar-refractivity contribution in [2.45, 2.75) is 29.8 Å². The molecule has 0 aliphatic carbocycles. The van der Waals surface area contributed by atoms with Crippen LogP contribution >= 0.6 is 11.3 Å². The summed E-state index contributed by atoms with van der Waals surface area (Å²) in [5.74, 6) is 0. The Morgan fingerprint density at radius 3 is 2.59 bits per heavy atom. The van der Waals surface area contributed by atoms with Gasteiger partial charge in [-0.1, -0.05) is 0 Å². The van der Waals surface area contributed by atoms with Crippen LogP contribution in [-0.4, -0.2) is 65.9 Å². The number of nitrogens with zero attached hydrogens (tertiary/aromatic N) is 4. The summed E-state index contributed by atoms with van der Waals surface area (Å²) in [7, 11) is -3.44. The number of hydrogen-bond acceptors (Lipinski definition) is 8. The van der Waals surface area contributed by atoms with E-state index in [4.69, 9.17) is 4.42 Å². The lowest BCUT2D eigenvalue weighted by molar-refractivity contribution is 0.114. The summed E-state index contributed by atoms with van der Waals surface area (Å²) >= 11 is 1.39. The maximum absolute atomic E-state index is 12.2. The molecule has 2 aliphatic rings. The highest BCUT2D eigenvalue weighted by molar-refractivity contribution is 7.90. The van der Waals surface area contributed by atoms with Crippen LogP contribution in [0.25, 0.3) is 21.7 Å². The fourth-order valence-corrected chi connectivity index (χ4v) is 5.54. The number of amides is 1. The van der Waals surface area contributed by atoms with Gasteiger partial charge in [0.15, 0.2) is 15.4 Å². The van der Waals surface area contributed by atoms with Gasteiger partial charge in [0, 0.05) is 30.9 Å². The molecule has 11 heteroatoms. The van der Waals surface area contributed by atoms with E-state index in [0.717, 1.165) is 19.1 Å². The molecule has 0 radical (unpaired) electrons. The largest absolute Gasteiger partial charge is 0.465 e. The quantitative estimate of drug-likeness (QED) is 0.669. The predicted molar refractivity (Wildman–Crippen MR) is 107 cm³/mol. The zero-order valence-electron chi connectivity index (χ0n) is 15.5. The van der Waals surface area contributed by atoms with Gasteiger partial charge in [-0.25, -0.2) is 18.2 Å². The number of carbonyl (C=O) groups is 1. The molecule has 152 valence electrons. The minimum atomic E-state index is -3.44. The second-order valence-electron chi connectivity index (χ2n) is 7.40. The smallest absolute Gasteiger partial charge is 0.407 e. The molecule has 1 amide bonds. The summed E-state index contributed by atoms with van der Waals surface area (Å²) in [4.78, 5) is 24.0. The number of fused-ring (bicyclic) bond motifs is 3. The first-order chi connectivity index (χ1) is 13.8. The molecular weight excluding hydrogens is 416 g/mol. The van der Waals surface area contributed by atoms with Gasteiger partial charge in [0.05, 0.1) is 22.5 Å². The normalized spacial score (nSPS) is 21.8. The van der Waals surface area contributed by atoms with Crippen LogP contribution in [-0.2, 0) is 9.84 Å². The standard InChI is InChI=1S/C18H18N4O5S2/c1-29(25,26)12-6-13(16-19-4-5-28-16)15-14(7-12)20-17(27-15)21-8-10-2-3-11(9-21)22(10)18(23)24/h4-7,10-11H,2-3,8-9H2,1H3,(H,23,24). The lowest BCUT2D eigenvalue weighted by atomic mass is 10.2. The second kappa shape index (κ2) is 6.42. The molecule has 2 saturated heterocycles. The number of thiazole rings is 1. The lowest BCUT2D eigenvalue weighted by Crippen LogP contribution is -2.55. The van der Waals surface area contributed by atoms with Crippen LogP contribution in [0.1, 0.15) is 12.8 Å². The molecule has 4 heterocycles. The molecule has 0 spiro atoms. The van der Waals surface area contributed by atoms with Crippen molar-refractivity contribution in [3.05, 3.63) is 23.7 Å². The molecule has 29 heavy (non-hydrogen) atoms. The summed E-state index contributed by atoms with van der Waals surface area (Å²) in [5.41, 5.74) is 1.51. The zero-order chi connectivity index (χ0) is 20.3. The van der Waals surface area contributed by atoms with E-state index in [2.05, 4.69) is 9.97 Å². The molecule has 5 rings (SSSR count). The van der Waals surface area contributed by atoms with Crippen molar-refractivity contribution < 1.29 is 22.7 Å². The highest BCUT2D eigenvalue weighted by Gasteiger charge is 2.43. The third kappa shape index (κ3) is 3.04. The molecule has 2 aliphatic heterocycles. The SMILES string of the molecule is CS(=O)(=O)c1cc(-c2nccs2)c2oc(N3CC4CCC(C3)N4C(=O)O)nc2c1. The Bertz CT molecular complexity index is 1190. The van der Waals surface area contributed by atoms with Crippen molar-refractivity contribution in [2.75, 3.05) is 24.2 Å². The van der Waals surface area contributed by atoms with Crippen molar-refractivity contribution in [3.63, 3.8) is 0 Å².